The van der Waals surface area contributed by atoms with E-state index in [1.807, 2.05) is 26.0 Å². The third kappa shape index (κ3) is 2.84. The maximum atomic E-state index is 13.3. The van der Waals surface area contributed by atoms with Crippen molar-refractivity contribution in [3.05, 3.63) is 81.1 Å². The molecule has 0 unspecified atom stereocenters. The third-order valence-electron chi connectivity index (χ3n) is 5.03. The fraction of sp³-hybridized carbons (Fsp3) is 0.143. The highest BCUT2D eigenvalue weighted by atomic mass is 32.1. The maximum absolute atomic E-state index is 13.3. The normalized spacial score (nSPS) is 11.6. The average Bonchev–Trinajstić information content (AvgIpc) is 3.29. The first-order valence-corrected chi connectivity index (χ1v) is 9.88. The summed E-state index contributed by atoms with van der Waals surface area (Å²) in [6, 6.07) is 9.85. The molecule has 0 spiro atoms. The number of pyridine rings is 1. The Morgan fingerprint density at radius 1 is 1.14 bits per heavy atom. The van der Waals surface area contributed by atoms with Crippen molar-refractivity contribution in [1.29, 1.82) is 0 Å². The Kier molecular flexibility index (Phi) is 4.02. The smallest absolute Gasteiger partial charge is 0.278 e. The molecule has 8 heteroatoms. The van der Waals surface area contributed by atoms with Gasteiger partial charge in [0.15, 0.2) is 11.5 Å². The van der Waals surface area contributed by atoms with Crippen LogP contribution in [0.25, 0.3) is 27.3 Å². The summed E-state index contributed by atoms with van der Waals surface area (Å²) in [5.41, 5.74) is 2.93. The van der Waals surface area contributed by atoms with Gasteiger partial charge < -0.3 is 0 Å². The summed E-state index contributed by atoms with van der Waals surface area (Å²) in [4.78, 5) is 24.1. The van der Waals surface area contributed by atoms with Gasteiger partial charge in [0.2, 0.25) is 0 Å². The molecule has 4 heterocycles. The lowest BCUT2D eigenvalue weighted by atomic mass is 10.2. The minimum atomic E-state index is -0.304. The Labute approximate surface area is 168 Å². The second-order valence-electron chi connectivity index (χ2n) is 6.87. The molecule has 0 amide bonds. The van der Waals surface area contributed by atoms with Gasteiger partial charge in [-0.3, -0.25) is 9.55 Å². The van der Waals surface area contributed by atoms with E-state index in [1.165, 1.54) is 16.6 Å². The van der Waals surface area contributed by atoms with Crippen LogP contribution in [-0.2, 0) is 6.54 Å². The van der Waals surface area contributed by atoms with Crippen molar-refractivity contribution in [2.75, 3.05) is 0 Å². The highest BCUT2D eigenvalue weighted by Gasteiger charge is 2.20. The summed E-state index contributed by atoms with van der Waals surface area (Å²) < 4.78 is 16.3. The molecule has 0 bridgehead atoms. The number of halogens is 1. The highest BCUT2D eigenvalue weighted by Crippen LogP contribution is 2.32. The summed E-state index contributed by atoms with van der Waals surface area (Å²) in [6.07, 6.45) is 3.36. The van der Waals surface area contributed by atoms with Crippen LogP contribution in [0.4, 0.5) is 4.39 Å². The van der Waals surface area contributed by atoms with Crippen LogP contribution in [0, 0.1) is 19.7 Å². The molecule has 0 atom stereocenters. The van der Waals surface area contributed by atoms with Crippen LogP contribution in [0.15, 0.2) is 53.6 Å². The molecule has 0 aliphatic carbocycles. The van der Waals surface area contributed by atoms with Crippen LogP contribution in [0.5, 0.6) is 0 Å². The number of benzene rings is 1. The van der Waals surface area contributed by atoms with Crippen molar-refractivity contribution in [2.45, 2.75) is 20.4 Å². The zero-order chi connectivity index (χ0) is 20.1. The number of fused-ring (bicyclic) bond motifs is 3. The fourth-order valence-electron chi connectivity index (χ4n) is 3.40. The highest BCUT2D eigenvalue weighted by molar-refractivity contribution is 7.19. The predicted octanol–water partition coefficient (Wildman–Crippen LogP) is 3.97. The maximum Gasteiger partial charge on any atom is 0.352 e. The lowest BCUT2D eigenvalue weighted by Crippen LogP contribution is -2.27. The van der Waals surface area contributed by atoms with Crippen LogP contribution < -0.4 is 5.69 Å². The molecule has 0 N–H and O–H groups in total. The van der Waals surface area contributed by atoms with E-state index in [-0.39, 0.29) is 11.5 Å². The Morgan fingerprint density at radius 3 is 2.66 bits per heavy atom. The second kappa shape index (κ2) is 6.59. The van der Waals surface area contributed by atoms with Gasteiger partial charge >= 0.3 is 5.69 Å². The molecular formula is C21H16FN5OS. The van der Waals surface area contributed by atoms with Gasteiger partial charge in [0.25, 0.3) is 0 Å². The van der Waals surface area contributed by atoms with E-state index in [9.17, 15) is 9.18 Å². The quantitative estimate of drug-likeness (QED) is 0.456. The van der Waals surface area contributed by atoms with E-state index < -0.39 is 0 Å². The number of rotatable bonds is 3. The number of nitrogens with zero attached hydrogens (tertiary/aromatic N) is 5. The molecule has 1 aromatic carbocycles. The van der Waals surface area contributed by atoms with Crippen LogP contribution >= 0.6 is 11.3 Å². The zero-order valence-electron chi connectivity index (χ0n) is 15.8. The minimum Gasteiger partial charge on any atom is -0.278 e. The van der Waals surface area contributed by atoms with E-state index in [2.05, 4.69) is 15.1 Å². The Hall–Kier alpha value is -3.39. The number of aromatic nitrogens is 5. The third-order valence-corrected chi connectivity index (χ3v) is 6.26. The van der Waals surface area contributed by atoms with Crippen molar-refractivity contribution in [2.24, 2.45) is 0 Å². The van der Waals surface area contributed by atoms with E-state index in [0.29, 0.717) is 18.0 Å². The van der Waals surface area contributed by atoms with Gasteiger partial charge in [0.1, 0.15) is 10.6 Å². The largest absolute Gasteiger partial charge is 0.352 e. The monoisotopic (exact) mass is 405 g/mol. The van der Waals surface area contributed by atoms with Crippen LogP contribution in [0.3, 0.4) is 0 Å². The first-order valence-electron chi connectivity index (χ1n) is 9.07. The van der Waals surface area contributed by atoms with Gasteiger partial charge in [0, 0.05) is 22.8 Å². The van der Waals surface area contributed by atoms with Crippen molar-refractivity contribution < 1.29 is 4.39 Å². The van der Waals surface area contributed by atoms with Gasteiger partial charge in [-0.25, -0.2) is 14.2 Å². The van der Waals surface area contributed by atoms with Gasteiger partial charge in [0.05, 0.1) is 11.9 Å². The molecule has 0 radical (unpaired) electrons. The number of hydrogen-bond acceptors (Lipinski definition) is 5. The van der Waals surface area contributed by atoms with Crippen molar-refractivity contribution in [3.63, 3.8) is 0 Å². The van der Waals surface area contributed by atoms with Crippen molar-refractivity contribution in [1.82, 2.24) is 24.1 Å². The molecule has 6 nitrogen and oxygen atoms in total. The topological polar surface area (TPSA) is 65.1 Å². The average molecular weight is 405 g/mol. The molecule has 0 saturated heterocycles. The SMILES string of the molecule is Cc1sc2c(c1C)c1nc(-c3cccnc3)nn1c(=O)n2Cc1ccc(F)cc1. The van der Waals surface area contributed by atoms with Crippen LogP contribution in [-0.4, -0.2) is 24.1 Å². The molecule has 5 rings (SSSR count). The number of aryl methyl sites for hydroxylation is 2. The van der Waals surface area contributed by atoms with Crippen LogP contribution in [0.1, 0.15) is 16.0 Å². The summed E-state index contributed by atoms with van der Waals surface area (Å²) in [5, 5.41) is 5.39. The molecule has 0 aliphatic heterocycles. The standard InChI is InChI=1S/C21H16FN5OS/c1-12-13(2)29-20-17(12)19-24-18(15-4-3-9-23-10-15)25-27(19)21(28)26(20)11-14-5-7-16(22)8-6-14/h3-10H,11H2,1-2H3. The molecule has 0 saturated carbocycles. The van der Waals surface area contributed by atoms with Gasteiger partial charge in [-0.2, -0.15) is 4.52 Å². The van der Waals surface area contributed by atoms with Gasteiger partial charge in [-0.05, 0) is 49.2 Å². The van der Waals surface area contributed by atoms with E-state index in [4.69, 9.17) is 0 Å². The Balaban J connectivity index is 1.80. The number of thiophene rings is 1. The lowest BCUT2D eigenvalue weighted by molar-refractivity contribution is 0.626. The van der Waals surface area contributed by atoms with Gasteiger partial charge in [-0.15, -0.1) is 16.4 Å². The zero-order valence-corrected chi connectivity index (χ0v) is 16.6. The molecular weight excluding hydrogens is 389 g/mol. The molecule has 5 aromatic rings. The summed E-state index contributed by atoms with van der Waals surface area (Å²) in [7, 11) is 0. The number of hydrogen-bond donors (Lipinski definition) is 0. The fourth-order valence-corrected chi connectivity index (χ4v) is 4.54. The predicted molar refractivity (Wildman–Crippen MR) is 111 cm³/mol. The van der Waals surface area contributed by atoms with Gasteiger partial charge in [-0.1, -0.05) is 12.1 Å². The summed E-state index contributed by atoms with van der Waals surface area (Å²) in [6.45, 7) is 4.38. The van der Waals surface area contributed by atoms with Crippen molar-refractivity contribution in [3.8, 4) is 11.4 Å². The lowest BCUT2D eigenvalue weighted by Gasteiger charge is -2.08. The molecule has 4 aromatic heterocycles. The summed E-state index contributed by atoms with van der Waals surface area (Å²) in [5.74, 6) is 0.154. The first kappa shape index (κ1) is 17.7. The van der Waals surface area contributed by atoms with Crippen LogP contribution in [0.2, 0.25) is 0 Å². The minimum absolute atomic E-state index is 0.277. The first-order chi connectivity index (χ1) is 14.0. The van der Waals surface area contributed by atoms with E-state index in [1.54, 1.807) is 40.4 Å². The molecule has 0 aliphatic rings. The summed E-state index contributed by atoms with van der Waals surface area (Å²) >= 11 is 1.56. The Bertz CT molecular complexity index is 1420. The molecule has 29 heavy (non-hydrogen) atoms. The van der Waals surface area contributed by atoms with Crippen molar-refractivity contribution >= 4 is 27.2 Å². The van der Waals surface area contributed by atoms with E-state index in [0.717, 1.165) is 31.8 Å². The second-order valence-corrected chi connectivity index (χ2v) is 8.07. The molecule has 0 fully saturated rings. The van der Waals surface area contributed by atoms with E-state index >= 15 is 0 Å². The Morgan fingerprint density at radius 2 is 1.93 bits per heavy atom. The molecule has 144 valence electrons.